The van der Waals surface area contributed by atoms with E-state index in [1.807, 2.05) is 31.2 Å². The summed E-state index contributed by atoms with van der Waals surface area (Å²) in [4.78, 5) is 13.7. The van der Waals surface area contributed by atoms with Crippen molar-refractivity contribution in [1.82, 2.24) is 9.62 Å². The van der Waals surface area contributed by atoms with Gasteiger partial charge >= 0.3 is 0 Å². The summed E-state index contributed by atoms with van der Waals surface area (Å²) in [5.74, 6) is 0.709. The molecule has 1 amide bonds. The largest absolute Gasteiger partial charge is 0.497 e. The number of thioether (sulfide) groups is 1. The number of amides is 1. The number of hydrogen-bond donors (Lipinski definition) is 1. The van der Waals surface area contributed by atoms with Crippen LogP contribution in [0.25, 0.3) is 0 Å². The lowest BCUT2D eigenvalue weighted by Crippen LogP contribution is -2.30. The quantitative estimate of drug-likeness (QED) is 0.646. The Morgan fingerprint density at radius 2 is 1.72 bits per heavy atom. The fourth-order valence-electron chi connectivity index (χ4n) is 3.10. The first kappa shape index (κ1) is 21.7. The van der Waals surface area contributed by atoms with Gasteiger partial charge < -0.3 is 10.1 Å². The number of benzene rings is 2. The van der Waals surface area contributed by atoms with Gasteiger partial charge in [0.2, 0.25) is 15.9 Å². The van der Waals surface area contributed by atoms with Crippen LogP contribution in [0.2, 0.25) is 0 Å². The lowest BCUT2D eigenvalue weighted by molar-refractivity contribution is -0.120. The Bertz CT molecular complexity index is 922. The van der Waals surface area contributed by atoms with Gasteiger partial charge in [0.15, 0.2) is 0 Å². The van der Waals surface area contributed by atoms with E-state index in [2.05, 4.69) is 5.32 Å². The van der Waals surface area contributed by atoms with Gasteiger partial charge in [-0.2, -0.15) is 4.31 Å². The van der Waals surface area contributed by atoms with E-state index in [1.54, 1.807) is 31.4 Å². The fraction of sp³-hybridized carbons (Fsp3) is 0.381. The Morgan fingerprint density at radius 1 is 1.10 bits per heavy atom. The third kappa shape index (κ3) is 5.52. The zero-order chi connectivity index (χ0) is 20.9. The minimum absolute atomic E-state index is 0.0698. The van der Waals surface area contributed by atoms with Gasteiger partial charge in [-0.05, 0) is 61.7 Å². The first-order chi connectivity index (χ1) is 13.9. The normalized spacial score (nSPS) is 15.8. The number of rotatable bonds is 8. The lowest BCUT2D eigenvalue weighted by atomic mass is 10.2. The maximum atomic E-state index is 12.6. The number of carbonyl (C=O) groups is 1. The Kier molecular flexibility index (Phi) is 7.21. The molecule has 0 aromatic heterocycles. The van der Waals surface area contributed by atoms with Crippen LogP contribution in [0.15, 0.2) is 58.3 Å². The van der Waals surface area contributed by atoms with E-state index in [4.69, 9.17) is 4.74 Å². The first-order valence-corrected chi connectivity index (χ1v) is 11.9. The summed E-state index contributed by atoms with van der Waals surface area (Å²) in [6, 6.07) is 14.3. The highest BCUT2D eigenvalue weighted by Crippen LogP contribution is 2.25. The van der Waals surface area contributed by atoms with Gasteiger partial charge in [-0.25, -0.2) is 8.42 Å². The van der Waals surface area contributed by atoms with Crippen LogP contribution in [-0.2, 0) is 21.4 Å². The minimum Gasteiger partial charge on any atom is -0.497 e. The summed E-state index contributed by atoms with van der Waals surface area (Å²) in [6.45, 7) is 3.39. The number of hydrogen-bond acceptors (Lipinski definition) is 5. The SMILES string of the molecule is COc1ccc(SC(C)C(=O)NCc2ccc(S(=O)(=O)N3CCCC3)cc2)cc1. The molecule has 29 heavy (non-hydrogen) atoms. The van der Waals surface area contributed by atoms with Crippen molar-refractivity contribution in [1.29, 1.82) is 0 Å². The van der Waals surface area contributed by atoms with Crippen LogP contribution in [0.1, 0.15) is 25.3 Å². The van der Waals surface area contributed by atoms with Gasteiger partial charge in [-0.3, -0.25) is 4.79 Å². The fourth-order valence-corrected chi connectivity index (χ4v) is 5.51. The van der Waals surface area contributed by atoms with Crippen LogP contribution in [-0.4, -0.2) is 44.1 Å². The predicted octanol–water partition coefficient (Wildman–Crippen LogP) is 3.28. The number of carbonyl (C=O) groups excluding carboxylic acids is 1. The van der Waals surface area contributed by atoms with Crippen molar-refractivity contribution < 1.29 is 17.9 Å². The molecule has 1 saturated heterocycles. The number of sulfonamides is 1. The van der Waals surface area contributed by atoms with Crippen molar-refractivity contribution in [3.8, 4) is 5.75 Å². The molecule has 1 N–H and O–H groups in total. The number of methoxy groups -OCH3 is 1. The topological polar surface area (TPSA) is 75.7 Å². The highest BCUT2D eigenvalue weighted by atomic mass is 32.2. The van der Waals surface area contributed by atoms with Crippen LogP contribution >= 0.6 is 11.8 Å². The second-order valence-corrected chi connectivity index (χ2v) is 10.3. The molecule has 0 radical (unpaired) electrons. The monoisotopic (exact) mass is 434 g/mol. The standard InChI is InChI=1S/C21H26N2O4S2/c1-16(28-19-9-7-18(27-2)8-10-19)21(24)22-15-17-5-11-20(12-6-17)29(25,26)23-13-3-4-14-23/h5-12,16H,3-4,13-15H2,1-2H3,(H,22,24). The summed E-state index contributed by atoms with van der Waals surface area (Å²) in [5.41, 5.74) is 0.861. The molecule has 0 saturated carbocycles. The Labute approximate surface area is 176 Å². The van der Waals surface area contributed by atoms with Crippen LogP contribution < -0.4 is 10.1 Å². The summed E-state index contributed by atoms with van der Waals surface area (Å²) >= 11 is 1.47. The maximum absolute atomic E-state index is 12.6. The zero-order valence-electron chi connectivity index (χ0n) is 16.6. The third-order valence-electron chi connectivity index (χ3n) is 4.83. The Hall–Kier alpha value is -2.03. The molecular weight excluding hydrogens is 408 g/mol. The molecular formula is C21H26N2O4S2. The van der Waals surface area contributed by atoms with Crippen molar-refractivity contribution in [3.05, 3.63) is 54.1 Å². The summed E-state index contributed by atoms with van der Waals surface area (Å²) < 4.78 is 31.8. The van der Waals surface area contributed by atoms with Crippen molar-refractivity contribution in [2.45, 2.75) is 41.4 Å². The average molecular weight is 435 g/mol. The second kappa shape index (κ2) is 9.65. The van der Waals surface area contributed by atoms with E-state index in [9.17, 15) is 13.2 Å². The van der Waals surface area contributed by atoms with Crippen molar-refractivity contribution >= 4 is 27.7 Å². The molecule has 0 aliphatic carbocycles. The van der Waals surface area contributed by atoms with E-state index in [-0.39, 0.29) is 11.2 Å². The van der Waals surface area contributed by atoms with Crippen LogP contribution in [0.5, 0.6) is 5.75 Å². The average Bonchev–Trinajstić information content (AvgIpc) is 3.28. The summed E-state index contributed by atoms with van der Waals surface area (Å²) in [5, 5.41) is 2.66. The molecule has 0 bridgehead atoms. The molecule has 1 atom stereocenters. The van der Waals surface area contributed by atoms with Crippen molar-refractivity contribution in [2.24, 2.45) is 0 Å². The van der Waals surface area contributed by atoms with Crippen molar-refractivity contribution in [2.75, 3.05) is 20.2 Å². The molecule has 1 aliphatic heterocycles. The highest BCUT2D eigenvalue weighted by Gasteiger charge is 2.26. The van der Waals surface area contributed by atoms with Gasteiger partial charge in [-0.1, -0.05) is 12.1 Å². The summed E-state index contributed by atoms with van der Waals surface area (Å²) in [7, 11) is -1.79. The van der Waals surface area contributed by atoms with Crippen molar-refractivity contribution in [3.63, 3.8) is 0 Å². The highest BCUT2D eigenvalue weighted by molar-refractivity contribution is 8.00. The molecule has 2 aromatic carbocycles. The van der Waals surface area contributed by atoms with Gasteiger partial charge in [-0.15, -0.1) is 11.8 Å². The Balaban J connectivity index is 1.52. The maximum Gasteiger partial charge on any atom is 0.243 e. The van der Waals surface area contributed by atoms with E-state index >= 15 is 0 Å². The molecule has 1 unspecified atom stereocenters. The van der Waals surface area contributed by atoms with Gasteiger partial charge in [0.1, 0.15) is 5.75 Å². The lowest BCUT2D eigenvalue weighted by Gasteiger charge is -2.16. The van der Waals surface area contributed by atoms with E-state index in [1.165, 1.54) is 16.1 Å². The van der Waals surface area contributed by atoms with Gasteiger partial charge in [0.25, 0.3) is 0 Å². The zero-order valence-corrected chi connectivity index (χ0v) is 18.3. The molecule has 2 aromatic rings. The minimum atomic E-state index is -3.41. The van der Waals surface area contributed by atoms with Gasteiger partial charge in [0.05, 0.1) is 17.3 Å². The second-order valence-electron chi connectivity index (χ2n) is 6.91. The molecule has 1 aliphatic rings. The first-order valence-electron chi connectivity index (χ1n) is 9.57. The number of ether oxygens (including phenoxy) is 1. The van der Waals surface area contributed by atoms with Crippen LogP contribution in [0.4, 0.5) is 0 Å². The molecule has 1 fully saturated rings. The smallest absolute Gasteiger partial charge is 0.243 e. The molecule has 8 heteroatoms. The predicted molar refractivity (Wildman–Crippen MR) is 115 cm³/mol. The molecule has 156 valence electrons. The van der Waals surface area contributed by atoms with Gasteiger partial charge in [0, 0.05) is 24.5 Å². The van der Waals surface area contributed by atoms with E-state index in [0.29, 0.717) is 24.5 Å². The third-order valence-corrected chi connectivity index (χ3v) is 7.86. The van der Waals surface area contributed by atoms with Crippen LogP contribution in [0.3, 0.4) is 0 Å². The number of nitrogens with one attached hydrogen (secondary N) is 1. The molecule has 1 heterocycles. The molecule has 0 spiro atoms. The molecule has 6 nitrogen and oxygen atoms in total. The van der Waals surface area contributed by atoms with E-state index < -0.39 is 10.0 Å². The Morgan fingerprint density at radius 3 is 2.31 bits per heavy atom. The van der Waals surface area contributed by atoms with Crippen LogP contribution in [0, 0.1) is 0 Å². The number of nitrogens with zero attached hydrogens (tertiary/aromatic N) is 1. The molecule has 3 rings (SSSR count). The van der Waals surface area contributed by atoms with E-state index in [0.717, 1.165) is 29.1 Å². The summed E-state index contributed by atoms with van der Waals surface area (Å²) in [6.07, 6.45) is 1.83.